The number of nitrogens with zero attached hydrogens (tertiary/aromatic N) is 3. The summed E-state index contributed by atoms with van der Waals surface area (Å²) in [6.45, 7) is 10.9. The van der Waals surface area contributed by atoms with Crippen LogP contribution in [0.25, 0.3) is 21.5 Å². The van der Waals surface area contributed by atoms with Gasteiger partial charge in [0.25, 0.3) is 5.91 Å². The van der Waals surface area contributed by atoms with Crippen LogP contribution in [0.4, 0.5) is 0 Å². The third kappa shape index (κ3) is 5.57. The van der Waals surface area contributed by atoms with Crippen LogP contribution in [0.1, 0.15) is 44.5 Å². The maximum absolute atomic E-state index is 13.2. The molecule has 2 N–H and O–H groups in total. The van der Waals surface area contributed by atoms with Crippen LogP contribution in [-0.2, 0) is 11.8 Å². The smallest absolute Gasteiger partial charge is 0.255 e. The van der Waals surface area contributed by atoms with Crippen molar-refractivity contribution < 1.29 is 14.7 Å². The summed E-state index contributed by atoms with van der Waals surface area (Å²) in [6.07, 6.45) is 4.07. The summed E-state index contributed by atoms with van der Waals surface area (Å²) in [4.78, 5) is 29.3. The summed E-state index contributed by atoms with van der Waals surface area (Å²) < 4.78 is 2.51. The molecule has 0 saturated carbocycles. The van der Waals surface area contributed by atoms with E-state index in [9.17, 15) is 14.7 Å². The van der Waals surface area contributed by atoms with E-state index in [0.29, 0.717) is 11.3 Å². The molecule has 2 unspecified atom stereocenters. The van der Waals surface area contributed by atoms with Gasteiger partial charge in [-0.2, -0.15) is 5.10 Å². The lowest BCUT2D eigenvalue weighted by molar-refractivity contribution is -0.126. The SMILES string of the molecule is C=C/C(=C\C)CC(NC(=O)c1cn(C)nc1-c1cccc2ncsc12)C(O)C(C)=O.CC. The van der Waals surface area contributed by atoms with E-state index in [1.807, 2.05) is 45.0 Å². The molecule has 0 fully saturated rings. The number of carbonyl (C=O) groups is 2. The van der Waals surface area contributed by atoms with Crippen LogP contribution >= 0.6 is 11.3 Å². The molecule has 7 nitrogen and oxygen atoms in total. The normalized spacial score (nSPS) is 13.1. The first kappa shape index (κ1) is 25.2. The molecule has 3 aromatic rings. The molecule has 170 valence electrons. The number of ketones is 1. The molecule has 1 aromatic carbocycles. The van der Waals surface area contributed by atoms with Crippen molar-refractivity contribution in [3.05, 3.63) is 59.8 Å². The zero-order valence-corrected chi connectivity index (χ0v) is 19.9. The van der Waals surface area contributed by atoms with E-state index in [0.717, 1.165) is 21.4 Å². The van der Waals surface area contributed by atoms with Gasteiger partial charge < -0.3 is 10.4 Å². The van der Waals surface area contributed by atoms with E-state index in [-0.39, 0.29) is 6.42 Å². The quantitative estimate of drug-likeness (QED) is 0.495. The van der Waals surface area contributed by atoms with Gasteiger partial charge in [-0.1, -0.05) is 50.3 Å². The van der Waals surface area contributed by atoms with Gasteiger partial charge >= 0.3 is 0 Å². The number of rotatable bonds is 8. The van der Waals surface area contributed by atoms with Crippen molar-refractivity contribution in [2.45, 2.75) is 46.3 Å². The van der Waals surface area contributed by atoms with Crippen molar-refractivity contribution >= 4 is 33.2 Å². The van der Waals surface area contributed by atoms with Crippen molar-refractivity contribution in [1.29, 1.82) is 0 Å². The fourth-order valence-electron chi connectivity index (χ4n) is 3.27. The average molecular weight is 455 g/mol. The highest BCUT2D eigenvalue weighted by Gasteiger charge is 2.28. The molecule has 0 saturated heterocycles. The van der Waals surface area contributed by atoms with E-state index in [1.165, 1.54) is 18.3 Å². The molecule has 0 spiro atoms. The standard InChI is InChI=1S/C22H24N4O3S.C2H6/c1-5-14(6-2)10-18(20(28)13(3)27)24-22(29)16-11-26(4)25-19(16)15-8-7-9-17-21(15)30-12-23-17;1-2/h5-9,11-12,18,20,28H,1,10H2,2-4H3,(H,24,29);1-2H3/b14-6+;. The van der Waals surface area contributed by atoms with Crippen molar-refractivity contribution in [2.24, 2.45) is 7.05 Å². The molecule has 32 heavy (non-hydrogen) atoms. The van der Waals surface area contributed by atoms with Crippen LogP contribution in [0.2, 0.25) is 0 Å². The lowest BCUT2D eigenvalue weighted by Gasteiger charge is -2.23. The van der Waals surface area contributed by atoms with E-state index in [4.69, 9.17) is 0 Å². The molecule has 0 radical (unpaired) electrons. The summed E-state index contributed by atoms with van der Waals surface area (Å²) in [7, 11) is 1.74. The molecule has 2 aromatic heterocycles. The molecule has 0 bridgehead atoms. The van der Waals surface area contributed by atoms with E-state index < -0.39 is 23.8 Å². The minimum atomic E-state index is -1.33. The number of amides is 1. The monoisotopic (exact) mass is 454 g/mol. The molecule has 0 aliphatic carbocycles. The number of aromatic nitrogens is 3. The average Bonchev–Trinajstić information content (AvgIpc) is 3.43. The minimum Gasteiger partial charge on any atom is -0.383 e. The number of fused-ring (bicyclic) bond motifs is 1. The number of benzene rings is 1. The van der Waals surface area contributed by atoms with E-state index >= 15 is 0 Å². The van der Waals surface area contributed by atoms with Crippen LogP contribution in [0.15, 0.2) is 54.2 Å². The number of aliphatic hydroxyl groups excluding tert-OH is 1. The zero-order chi connectivity index (χ0) is 23.8. The second-order valence-electron chi connectivity index (χ2n) is 6.98. The number of carbonyl (C=O) groups excluding carboxylic acids is 2. The molecule has 8 heteroatoms. The first-order chi connectivity index (χ1) is 15.3. The Balaban J connectivity index is 0.00000176. The van der Waals surface area contributed by atoms with Crippen molar-refractivity contribution in [1.82, 2.24) is 20.1 Å². The maximum atomic E-state index is 13.2. The van der Waals surface area contributed by atoms with Gasteiger partial charge in [0.2, 0.25) is 0 Å². The molecule has 1 amide bonds. The van der Waals surface area contributed by atoms with Gasteiger partial charge in [0.1, 0.15) is 11.8 Å². The zero-order valence-electron chi connectivity index (χ0n) is 19.1. The third-order valence-corrected chi connectivity index (χ3v) is 5.76. The number of aryl methyl sites for hydroxylation is 1. The van der Waals surface area contributed by atoms with Crippen LogP contribution in [0.3, 0.4) is 0 Å². The first-order valence-corrected chi connectivity index (χ1v) is 11.4. The van der Waals surface area contributed by atoms with Gasteiger partial charge in [0.05, 0.1) is 27.3 Å². The number of Topliss-reactive ketones (excluding diaryl/α,β-unsaturated/α-hetero) is 1. The van der Waals surface area contributed by atoms with Gasteiger partial charge in [0, 0.05) is 18.8 Å². The molecule has 2 atom stereocenters. The Morgan fingerprint density at radius 3 is 2.69 bits per heavy atom. The van der Waals surface area contributed by atoms with E-state index in [1.54, 1.807) is 29.5 Å². The molecule has 3 rings (SSSR count). The van der Waals surface area contributed by atoms with Gasteiger partial charge in [0.15, 0.2) is 5.78 Å². The molecule has 0 aliphatic heterocycles. The van der Waals surface area contributed by atoms with Gasteiger partial charge in [-0.15, -0.1) is 11.3 Å². The van der Waals surface area contributed by atoms with Crippen LogP contribution in [0.5, 0.6) is 0 Å². The Hall–Kier alpha value is -3.10. The largest absolute Gasteiger partial charge is 0.383 e. The lowest BCUT2D eigenvalue weighted by atomic mass is 9.98. The number of allylic oxidation sites excluding steroid dienone is 2. The fraction of sp³-hybridized carbons (Fsp3) is 0.333. The van der Waals surface area contributed by atoms with Crippen LogP contribution in [0, 0.1) is 0 Å². The second kappa shape index (κ2) is 11.5. The first-order valence-electron chi connectivity index (χ1n) is 10.5. The predicted molar refractivity (Wildman–Crippen MR) is 130 cm³/mol. The fourth-order valence-corrected chi connectivity index (χ4v) is 4.08. The third-order valence-electron chi connectivity index (χ3n) is 4.89. The predicted octanol–water partition coefficient (Wildman–Crippen LogP) is 4.29. The van der Waals surface area contributed by atoms with Gasteiger partial charge in [-0.05, 0) is 26.3 Å². The van der Waals surface area contributed by atoms with Crippen molar-refractivity contribution in [2.75, 3.05) is 0 Å². The Bertz CT molecular complexity index is 1130. The molecule has 2 heterocycles. The van der Waals surface area contributed by atoms with E-state index in [2.05, 4.69) is 22.0 Å². The van der Waals surface area contributed by atoms with Gasteiger partial charge in [-0.25, -0.2) is 4.98 Å². The maximum Gasteiger partial charge on any atom is 0.255 e. The molecular formula is C24H30N4O3S. The topological polar surface area (TPSA) is 97.1 Å². The number of hydrogen-bond donors (Lipinski definition) is 2. The summed E-state index contributed by atoms with van der Waals surface area (Å²) in [5.74, 6) is -0.829. The van der Waals surface area contributed by atoms with Crippen molar-refractivity contribution in [3.63, 3.8) is 0 Å². The minimum absolute atomic E-state index is 0.284. The molecule has 0 aliphatic rings. The Kier molecular flexibility index (Phi) is 9.04. The second-order valence-corrected chi connectivity index (χ2v) is 7.83. The van der Waals surface area contributed by atoms with Crippen molar-refractivity contribution in [3.8, 4) is 11.3 Å². The number of thiazole rings is 1. The highest BCUT2D eigenvalue weighted by atomic mass is 32.1. The number of nitrogens with one attached hydrogen (secondary N) is 1. The Morgan fingerprint density at radius 2 is 2.06 bits per heavy atom. The summed E-state index contributed by atoms with van der Waals surface area (Å²) in [5.41, 5.74) is 5.11. The summed E-state index contributed by atoms with van der Waals surface area (Å²) >= 11 is 1.48. The highest BCUT2D eigenvalue weighted by Crippen LogP contribution is 2.32. The number of hydrogen-bond acceptors (Lipinski definition) is 6. The Morgan fingerprint density at radius 1 is 1.34 bits per heavy atom. The summed E-state index contributed by atoms with van der Waals surface area (Å²) in [5, 5.41) is 17.7. The Labute approximate surface area is 192 Å². The number of aliphatic hydroxyl groups is 1. The van der Waals surface area contributed by atoms with Crippen LogP contribution in [-0.4, -0.2) is 43.7 Å². The molecular weight excluding hydrogens is 424 g/mol. The lowest BCUT2D eigenvalue weighted by Crippen LogP contribution is -2.46. The van der Waals surface area contributed by atoms with Gasteiger partial charge in [-0.3, -0.25) is 14.3 Å². The van der Waals surface area contributed by atoms with Crippen LogP contribution < -0.4 is 5.32 Å². The summed E-state index contributed by atoms with van der Waals surface area (Å²) in [6, 6.07) is 4.90. The highest BCUT2D eigenvalue weighted by molar-refractivity contribution is 7.17.